The van der Waals surface area contributed by atoms with E-state index in [9.17, 15) is 4.79 Å². The molecule has 0 saturated heterocycles. The Bertz CT molecular complexity index is 225. The van der Waals surface area contributed by atoms with Crippen molar-refractivity contribution in [2.24, 2.45) is 0 Å². The number of amides is 1. The van der Waals surface area contributed by atoms with Crippen molar-refractivity contribution in [3.63, 3.8) is 0 Å². The molecular formula is C10H21NO3S6. The van der Waals surface area contributed by atoms with E-state index < -0.39 is 0 Å². The predicted octanol–water partition coefficient (Wildman–Crippen LogP) is 3.83. The highest BCUT2D eigenvalue weighted by molar-refractivity contribution is 8.26. The van der Waals surface area contributed by atoms with Crippen molar-refractivity contribution in [3.8, 4) is 0 Å². The van der Waals surface area contributed by atoms with Crippen molar-refractivity contribution in [1.29, 1.82) is 0 Å². The quantitative estimate of drug-likeness (QED) is 0.337. The minimum Gasteiger partial charge on any atom is -0.438 e. The smallest absolute Gasteiger partial charge is 0.408 e. The van der Waals surface area contributed by atoms with Gasteiger partial charge in [0.2, 0.25) is 0 Å². The van der Waals surface area contributed by atoms with Crippen molar-refractivity contribution >= 4 is 76.7 Å². The summed E-state index contributed by atoms with van der Waals surface area (Å²) >= 11 is 10.3. The summed E-state index contributed by atoms with van der Waals surface area (Å²) in [7, 11) is 0. The molecule has 0 spiro atoms. The highest BCUT2D eigenvalue weighted by Gasteiger charge is 2.00. The van der Waals surface area contributed by atoms with Gasteiger partial charge in [-0.25, -0.2) is 4.79 Å². The zero-order valence-electron chi connectivity index (χ0n) is 11.4. The van der Waals surface area contributed by atoms with E-state index in [1.165, 1.54) is 29.3 Å². The number of carbonyl (C=O) groups is 1. The van der Waals surface area contributed by atoms with Gasteiger partial charge in [0.15, 0.2) is 0 Å². The average Bonchev–Trinajstić information content (AvgIpc) is 2.45. The second kappa shape index (κ2) is 18.4. The Morgan fingerprint density at radius 1 is 1.00 bits per heavy atom. The van der Waals surface area contributed by atoms with E-state index in [1.807, 2.05) is 35.3 Å². The number of alkyl carbamates (subject to hydrolysis) is 1. The summed E-state index contributed by atoms with van der Waals surface area (Å²) in [6.45, 7) is 2.17. The number of aliphatic hydroxyl groups excluding tert-OH is 1. The van der Waals surface area contributed by atoms with E-state index in [4.69, 9.17) is 9.84 Å². The summed E-state index contributed by atoms with van der Waals surface area (Å²) < 4.78 is 4.95. The third-order valence-corrected chi connectivity index (χ3v) is 8.11. The molecule has 0 heterocycles. The lowest BCUT2D eigenvalue weighted by molar-refractivity contribution is 0.168. The summed E-state index contributed by atoms with van der Waals surface area (Å²) in [5, 5.41) is 15.2. The molecule has 0 aliphatic rings. The van der Waals surface area contributed by atoms with Crippen molar-refractivity contribution in [2.45, 2.75) is 6.92 Å². The van der Waals surface area contributed by atoms with Crippen LogP contribution in [0.5, 0.6) is 0 Å². The fourth-order valence-electron chi connectivity index (χ4n) is 0.756. The first kappa shape index (κ1) is 21.3. The molecule has 0 atom stereocenters. The minimum atomic E-state index is -0.377. The van der Waals surface area contributed by atoms with E-state index in [1.54, 1.807) is 11.8 Å². The Balaban J connectivity index is 3.11. The lowest BCUT2D eigenvalue weighted by Gasteiger charge is -2.06. The average molecular weight is 396 g/mol. The standard InChI is InChI=1S/C10H21NO3S6/c1-2-15-6-19-9-20-7-16-3-11-10(13)14-5-18-8-17-4-12/h12H,2-9H2,1H3,(H,11,13). The van der Waals surface area contributed by atoms with Gasteiger partial charge in [0, 0.05) is 20.3 Å². The molecule has 0 aromatic heterocycles. The van der Waals surface area contributed by atoms with E-state index in [-0.39, 0.29) is 12.0 Å². The molecule has 0 unspecified atom stereocenters. The number of hydrogen-bond donors (Lipinski definition) is 2. The van der Waals surface area contributed by atoms with Gasteiger partial charge in [0.1, 0.15) is 5.94 Å². The van der Waals surface area contributed by atoms with Crippen LogP contribution in [-0.2, 0) is 4.74 Å². The van der Waals surface area contributed by atoms with Crippen LogP contribution in [0, 0.1) is 0 Å². The molecule has 0 saturated carbocycles. The largest absolute Gasteiger partial charge is 0.438 e. The monoisotopic (exact) mass is 395 g/mol. The van der Waals surface area contributed by atoms with Gasteiger partial charge >= 0.3 is 6.09 Å². The lowest BCUT2D eigenvalue weighted by atomic mass is 11.0. The van der Waals surface area contributed by atoms with Gasteiger partial charge < -0.3 is 15.2 Å². The van der Waals surface area contributed by atoms with Crippen LogP contribution < -0.4 is 5.32 Å². The first-order valence-electron chi connectivity index (χ1n) is 5.79. The van der Waals surface area contributed by atoms with Crippen molar-refractivity contribution in [3.05, 3.63) is 0 Å². The van der Waals surface area contributed by atoms with Crippen molar-refractivity contribution in [1.82, 2.24) is 5.32 Å². The summed E-state index contributed by atoms with van der Waals surface area (Å²) in [4.78, 5) is 11.3. The zero-order valence-corrected chi connectivity index (χ0v) is 16.3. The normalized spacial score (nSPS) is 10.5. The van der Waals surface area contributed by atoms with Crippen molar-refractivity contribution in [2.75, 3.05) is 43.8 Å². The van der Waals surface area contributed by atoms with E-state index in [0.29, 0.717) is 11.8 Å². The van der Waals surface area contributed by atoms with Gasteiger partial charge in [-0.05, 0) is 5.75 Å². The minimum absolute atomic E-state index is 0.100. The molecule has 4 nitrogen and oxygen atoms in total. The molecule has 1 amide bonds. The number of hydrogen-bond acceptors (Lipinski definition) is 9. The van der Waals surface area contributed by atoms with Gasteiger partial charge in [-0.15, -0.1) is 58.8 Å². The third-order valence-electron chi connectivity index (χ3n) is 1.55. The highest BCUT2D eigenvalue weighted by atomic mass is 32.2. The van der Waals surface area contributed by atoms with Crippen LogP contribution in [0.15, 0.2) is 0 Å². The predicted molar refractivity (Wildman–Crippen MR) is 102 cm³/mol. The second-order valence-electron chi connectivity index (χ2n) is 2.98. The van der Waals surface area contributed by atoms with Crippen LogP contribution in [0.4, 0.5) is 4.79 Å². The van der Waals surface area contributed by atoms with E-state index in [0.717, 1.165) is 20.3 Å². The summed E-state index contributed by atoms with van der Waals surface area (Å²) in [5.74, 6) is 2.18. The van der Waals surface area contributed by atoms with E-state index in [2.05, 4.69) is 12.2 Å². The number of thioether (sulfide) groups is 6. The molecule has 10 heteroatoms. The second-order valence-corrected chi connectivity index (χ2v) is 10.6. The van der Waals surface area contributed by atoms with Crippen LogP contribution >= 0.6 is 70.6 Å². The molecule has 0 aliphatic carbocycles. The summed E-state index contributed by atoms with van der Waals surface area (Å²) in [6, 6.07) is 0. The number of rotatable bonds is 14. The molecule has 0 rings (SSSR count). The maximum absolute atomic E-state index is 11.3. The number of ether oxygens (including phenoxy) is 1. The molecule has 120 valence electrons. The Hall–Kier alpha value is 1.33. The zero-order chi connectivity index (χ0) is 14.9. The van der Waals surface area contributed by atoms with Gasteiger partial charge in [0.05, 0.1) is 11.8 Å². The van der Waals surface area contributed by atoms with Crippen LogP contribution in [0.25, 0.3) is 0 Å². The Kier molecular flexibility index (Phi) is 19.6. The van der Waals surface area contributed by atoms with Crippen LogP contribution in [0.2, 0.25) is 0 Å². The molecule has 0 radical (unpaired) electrons. The van der Waals surface area contributed by atoms with Gasteiger partial charge in [-0.1, -0.05) is 6.92 Å². The van der Waals surface area contributed by atoms with Gasteiger partial charge in [0.25, 0.3) is 0 Å². The van der Waals surface area contributed by atoms with E-state index >= 15 is 0 Å². The van der Waals surface area contributed by atoms with Crippen LogP contribution in [-0.4, -0.2) is 55.0 Å². The molecule has 0 aromatic carbocycles. The fourth-order valence-corrected chi connectivity index (χ4v) is 6.39. The first-order valence-corrected chi connectivity index (χ1v) is 12.7. The molecule has 0 aromatic rings. The molecular weight excluding hydrogens is 375 g/mol. The molecule has 20 heavy (non-hydrogen) atoms. The topological polar surface area (TPSA) is 58.6 Å². The maximum Gasteiger partial charge on any atom is 0.408 e. The Labute approximate surface area is 146 Å². The highest BCUT2D eigenvalue weighted by Crippen LogP contribution is 2.20. The van der Waals surface area contributed by atoms with Gasteiger partial charge in [-0.2, -0.15) is 11.8 Å². The molecule has 2 N–H and O–H groups in total. The summed E-state index contributed by atoms with van der Waals surface area (Å²) in [5.41, 5.74) is 0. The lowest BCUT2D eigenvalue weighted by Crippen LogP contribution is -2.23. The van der Waals surface area contributed by atoms with Gasteiger partial charge in [-0.3, -0.25) is 0 Å². The maximum atomic E-state index is 11.3. The summed E-state index contributed by atoms with van der Waals surface area (Å²) in [6.07, 6.45) is -0.377. The fraction of sp³-hybridized carbons (Fsp3) is 0.900. The van der Waals surface area contributed by atoms with Crippen molar-refractivity contribution < 1.29 is 14.6 Å². The molecule has 0 bridgehead atoms. The number of carbonyl (C=O) groups excluding carboxylic acids is 1. The van der Waals surface area contributed by atoms with Crippen LogP contribution in [0.1, 0.15) is 6.92 Å². The Morgan fingerprint density at radius 3 is 2.35 bits per heavy atom. The first-order chi connectivity index (χ1) is 9.81. The SMILES string of the molecule is CCSCSCSCSCNC(=O)OCSCSCO. The number of aliphatic hydroxyl groups is 1. The third kappa shape index (κ3) is 17.4. The van der Waals surface area contributed by atoms with Crippen LogP contribution in [0.3, 0.4) is 0 Å². The Morgan fingerprint density at radius 2 is 1.65 bits per heavy atom. The molecule has 0 fully saturated rings. The molecule has 0 aliphatic heterocycles. The number of nitrogens with one attached hydrogen (secondary N) is 1.